The van der Waals surface area contributed by atoms with Gasteiger partial charge >= 0.3 is 0 Å². The van der Waals surface area contributed by atoms with E-state index in [4.69, 9.17) is 6.57 Å². The van der Waals surface area contributed by atoms with E-state index in [-0.39, 0.29) is 0 Å². The van der Waals surface area contributed by atoms with Crippen molar-refractivity contribution in [2.24, 2.45) is 0 Å². The van der Waals surface area contributed by atoms with Crippen LogP contribution in [-0.2, 0) is 5.41 Å². The molecule has 0 saturated carbocycles. The minimum absolute atomic E-state index is 0.612. The lowest BCUT2D eigenvalue weighted by molar-refractivity contribution is 0.749. The summed E-state index contributed by atoms with van der Waals surface area (Å²) in [5.41, 5.74) is 19.4. The van der Waals surface area contributed by atoms with E-state index in [1.54, 1.807) is 0 Å². The highest BCUT2D eigenvalue weighted by atomic mass is 15.0. The molecule has 0 saturated heterocycles. The zero-order valence-electron chi connectivity index (χ0n) is 33.6. The third-order valence-electron chi connectivity index (χ3n) is 13.6. The van der Waals surface area contributed by atoms with Gasteiger partial charge in [0.1, 0.15) is 0 Å². The second-order valence-electron chi connectivity index (χ2n) is 16.6. The maximum absolute atomic E-state index is 9.75. The molecule has 13 rings (SSSR count). The first kappa shape index (κ1) is 34.9. The summed E-state index contributed by atoms with van der Waals surface area (Å²) in [5.74, 6) is 0. The van der Waals surface area contributed by atoms with Gasteiger partial charge in [0, 0.05) is 27.2 Å². The monoisotopic (exact) mass is 797 g/mol. The highest BCUT2D eigenvalue weighted by Crippen LogP contribution is 2.62. The van der Waals surface area contributed by atoms with Crippen LogP contribution in [0.4, 0.5) is 5.69 Å². The second-order valence-corrected chi connectivity index (χ2v) is 16.6. The Labute approximate surface area is 362 Å². The summed E-state index contributed by atoms with van der Waals surface area (Å²) in [4.78, 5) is 3.67. The van der Waals surface area contributed by atoms with E-state index in [0.717, 1.165) is 55.4 Å². The molecule has 5 heteroatoms. The Bertz CT molecular complexity index is 3920. The van der Waals surface area contributed by atoms with Gasteiger partial charge in [0.15, 0.2) is 5.69 Å². The highest BCUT2D eigenvalue weighted by Gasteiger charge is 2.51. The molecule has 63 heavy (non-hydrogen) atoms. The summed E-state index contributed by atoms with van der Waals surface area (Å²) in [6, 6.07) is 71.1. The van der Waals surface area contributed by atoms with Gasteiger partial charge in [0.25, 0.3) is 0 Å². The van der Waals surface area contributed by atoms with Crippen LogP contribution in [0.5, 0.6) is 0 Å². The van der Waals surface area contributed by atoms with Gasteiger partial charge in [-0.05, 0) is 134 Å². The lowest BCUT2D eigenvalue weighted by atomic mass is 9.65. The van der Waals surface area contributed by atoms with E-state index >= 15 is 0 Å². The molecule has 0 fully saturated rings. The maximum atomic E-state index is 9.75. The molecule has 5 nitrogen and oxygen atoms in total. The lowest BCUT2D eigenvalue weighted by Gasteiger charge is -2.39. The number of fused-ring (bicyclic) bond motifs is 15. The van der Waals surface area contributed by atoms with Crippen molar-refractivity contribution < 1.29 is 0 Å². The van der Waals surface area contributed by atoms with Crippen LogP contribution in [0, 0.1) is 29.2 Å². The standard InChI is InChI=1S/C58H31N5/c1-61-41-23-19-38(20-24-41)40-21-27-43-46-32-56-48(47-29-39(37-17-13-35(33-59)14-18-37)22-28-54(47)62(56)42-25-15-36(34-60)16-26-42)31-52(46)58(51(43)30-40)49-9-3-5-12-55(49)63-53-11-4-2-7-44(53)45-8-6-10-50(58)57(45)63/h2-32H. The SMILES string of the molecule is [C-]#[N+]c1ccc(-c2ccc3c(c2)C2(c4cc5c6cc(-c7ccc(C#N)cc7)ccc6n(-c6ccc(C#N)cc6)c5cc4-3)c3ccccc3-n3c4ccccc4c4cccc2c43)cc1. The minimum Gasteiger partial charge on any atom is -0.309 e. The second kappa shape index (κ2) is 12.8. The van der Waals surface area contributed by atoms with Crippen LogP contribution in [0.1, 0.15) is 33.4 Å². The Balaban J connectivity index is 1.19. The number of hydrogen-bond acceptors (Lipinski definition) is 2. The van der Waals surface area contributed by atoms with E-state index in [0.29, 0.717) is 16.8 Å². The molecule has 0 N–H and O–H groups in total. The van der Waals surface area contributed by atoms with Crippen molar-refractivity contribution in [3.8, 4) is 56.9 Å². The van der Waals surface area contributed by atoms with E-state index in [2.05, 4.69) is 154 Å². The molecular weight excluding hydrogens is 767 g/mol. The van der Waals surface area contributed by atoms with E-state index in [1.165, 1.54) is 55.2 Å². The minimum atomic E-state index is -0.695. The first-order valence-corrected chi connectivity index (χ1v) is 21.0. The lowest BCUT2D eigenvalue weighted by Crippen LogP contribution is -2.33. The van der Waals surface area contributed by atoms with Crippen LogP contribution in [-0.4, -0.2) is 9.13 Å². The summed E-state index contributed by atoms with van der Waals surface area (Å²) in [6.45, 7) is 7.60. The van der Waals surface area contributed by atoms with Crippen LogP contribution in [0.15, 0.2) is 188 Å². The molecular formula is C58H31N5. The Morgan fingerprint density at radius 2 is 1.03 bits per heavy atom. The Kier molecular flexibility index (Phi) is 7.07. The van der Waals surface area contributed by atoms with Gasteiger partial charge in [-0.15, -0.1) is 0 Å². The first-order valence-electron chi connectivity index (χ1n) is 21.0. The molecule has 2 aromatic heterocycles. The third kappa shape index (κ3) is 4.62. The first-order chi connectivity index (χ1) is 31.1. The van der Waals surface area contributed by atoms with Crippen molar-refractivity contribution in [3.63, 3.8) is 0 Å². The molecule has 1 spiro atoms. The van der Waals surface area contributed by atoms with E-state index < -0.39 is 5.41 Å². The van der Waals surface area contributed by atoms with Crippen molar-refractivity contribution >= 4 is 49.3 Å². The fourth-order valence-electron chi connectivity index (χ4n) is 10.9. The van der Waals surface area contributed by atoms with Crippen molar-refractivity contribution in [2.75, 3.05) is 0 Å². The average molecular weight is 798 g/mol. The number of benzene rings is 9. The summed E-state index contributed by atoms with van der Waals surface area (Å²) < 4.78 is 4.81. The van der Waals surface area contributed by atoms with E-state index in [9.17, 15) is 10.5 Å². The van der Waals surface area contributed by atoms with Gasteiger partial charge in [-0.1, -0.05) is 109 Å². The van der Waals surface area contributed by atoms with Gasteiger partial charge in [-0.25, -0.2) is 4.85 Å². The smallest absolute Gasteiger partial charge is 0.187 e. The van der Waals surface area contributed by atoms with Crippen molar-refractivity contribution in [2.45, 2.75) is 5.41 Å². The van der Waals surface area contributed by atoms with Crippen LogP contribution in [0.25, 0.3) is 93.2 Å². The van der Waals surface area contributed by atoms with Crippen LogP contribution >= 0.6 is 0 Å². The van der Waals surface area contributed by atoms with Crippen molar-refractivity contribution in [1.82, 2.24) is 9.13 Å². The summed E-state index contributed by atoms with van der Waals surface area (Å²) in [6.07, 6.45) is 0. The van der Waals surface area contributed by atoms with Gasteiger partial charge in [-0.3, -0.25) is 0 Å². The number of para-hydroxylation sites is 3. The predicted molar refractivity (Wildman–Crippen MR) is 253 cm³/mol. The Morgan fingerprint density at radius 1 is 0.429 bits per heavy atom. The zero-order valence-corrected chi connectivity index (χ0v) is 33.6. The maximum Gasteiger partial charge on any atom is 0.187 e. The predicted octanol–water partition coefficient (Wildman–Crippen LogP) is 14.2. The molecule has 0 radical (unpaired) electrons. The van der Waals surface area contributed by atoms with Crippen molar-refractivity contribution in [1.29, 1.82) is 10.5 Å². The number of hydrogen-bond donors (Lipinski definition) is 0. The van der Waals surface area contributed by atoms with Gasteiger partial charge < -0.3 is 9.13 Å². The third-order valence-corrected chi connectivity index (χ3v) is 13.6. The van der Waals surface area contributed by atoms with Crippen LogP contribution < -0.4 is 0 Å². The molecule has 9 aromatic carbocycles. The number of nitriles is 2. The molecule has 0 amide bonds. The van der Waals surface area contributed by atoms with Crippen molar-refractivity contribution in [3.05, 3.63) is 233 Å². The fraction of sp³-hybridized carbons (Fsp3) is 0.0172. The fourth-order valence-corrected chi connectivity index (χ4v) is 10.9. The summed E-state index contributed by atoms with van der Waals surface area (Å²) >= 11 is 0. The largest absolute Gasteiger partial charge is 0.309 e. The van der Waals surface area contributed by atoms with Gasteiger partial charge in [-0.2, -0.15) is 10.5 Å². The molecule has 11 aromatic rings. The molecule has 1 aliphatic carbocycles. The van der Waals surface area contributed by atoms with Crippen LogP contribution in [0.3, 0.4) is 0 Å². The molecule has 0 bridgehead atoms. The normalized spacial score (nSPS) is 14.4. The molecule has 1 aliphatic heterocycles. The molecule has 3 heterocycles. The zero-order chi connectivity index (χ0) is 42.0. The Morgan fingerprint density at radius 3 is 1.81 bits per heavy atom. The number of aromatic nitrogens is 2. The molecule has 288 valence electrons. The number of nitrogens with zero attached hydrogens (tertiary/aromatic N) is 5. The van der Waals surface area contributed by atoms with Gasteiger partial charge in [0.05, 0.1) is 63.0 Å². The topological polar surface area (TPSA) is 61.8 Å². The van der Waals surface area contributed by atoms with E-state index in [1.807, 2.05) is 60.7 Å². The quantitative estimate of drug-likeness (QED) is 0.167. The average Bonchev–Trinajstić information content (AvgIpc) is 3.96. The van der Waals surface area contributed by atoms with Crippen LogP contribution in [0.2, 0.25) is 0 Å². The summed E-state index contributed by atoms with van der Waals surface area (Å²) in [7, 11) is 0. The Hall–Kier alpha value is -8.95. The highest BCUT2D eigenvalue weighted by molar-refractivity contribution is 6.15. The number of rotatable bonds is 3. The molecule has 2 aliphatic rings. The molecule has 1 atom stereocenters. The molecule has 1 unspecified atom stereocenters. The van der Waals surface area contributed by atoms with Gasteiger partial charge in [0.2, 0.25) is 0 Å². The summed E-state index contributed by atoms with van der Waals surface area (Å²) in [5, 5.41) is 24.0.